The molecule has 0 spiro atoms. The Bertz CT molecular complexity index is 1230. The second kappa shape index (κ2) is 10.7. The number of carbonyl (C=O) groups is 1. The summed E-state index contributed by atoms with van der Waals surface area (Å²) >= 11 is 12.2. The summed E-state index contributed by atoms with van der Waals surface area (Å²) in [6, 6.07) is 16.4. The third kappa shape index (κ3) is 6.54. The number of halogens is 3. The van der Waals surface area contributed by atoms with Gasteiger partial charge in [-0.2, -0.15) is 4.31 Å². The first kappa shape index (κ1) is 25.2. The molecule has 0 heterocycles. The molecule has 0 bridgehead atoms. The van der Waals surface area contributed by atoms with Crippen LogP contribution in [0.5, 0.6) is 0 Å². The van der Waals surface area contributed by atoms with Gasteiger partial charge in [0.05, 0.1) is 17.5 Å². The third-order valence-corrected chi connectivity index (χ3v) is 7.48. The van der Waals surface area contributed by atoms with E-state index in [0.29, 0.717) is 21.2 Å². The summed E-state index contributed by atoms with van der Waals surface area (Å²) in [7, 11) is -4.01. The maximum Gasteiger partial charge on any atom is 0.243 e. The van der Waals surface area contributed by atoms with Crippen molar-refractivity contribution in [1.29, 1.82) is 0 Å². The van der Waals surface area contributed by atoms with Crippen LogP contribution in [0.4, 0.5) is 4.39 Å². The van der Waals surface area contributed by atoms with Crippen LogP contribution in [0.1, 0.15) is 29.7 Å². The lowest BCUT2D eigenvalue weighted by atomic mass is 10.1. The van der Waals surface area contributed by atoms with Crippen molar-refractivity contribution >= 4 is 39.1 Å². The summed E-state index contributed by atoms with van der Waals surface area (Å²) in [4.78, 5) is 12.9. The number of nitrogens with one attached hydrogen (secondary N) is 1. The first-order chi connectivity index (χ1) is 15.6. The van der Waals surface area contributed by atoms with E-state index in [1.165, 1.54) is 30.3 Å². The molecule has 0 fully saturated rings. The first-order valence-corrected chi connectivity index (χ1v) is 12.3. The Hall–Kier alpha value is -2.45. The smallest absolute Gasteiger partial charge is 0.243 e. The van der Waals surface area contributed by atoms with Gasteiger partial charge in [-0.25, -0.2) is 12.8 Å². The van der Waals surface area contributed by atoms with Crippen molar-refractivity contribution < 1.29 is 17.6 Å². The zero-order valence-corrected chi connectivity index (χ0v) is 20.4. The fourth-order valence-electron chi connectivity index (χ4n) is 3.21. The molecule has 3 rings (SSSR count). The van der Waals surface area contributed by atoms with Gasteiger partial charge in [0.15, 0.2) is 0 Å². The zero-order valence-electron chi connectivity index (χ0n) is 18.1. The topological polar surface area (TPSA) is 66.5 Å². The lowest BCUT2D eigenvalue weighted by Gasteiger charge is -2.24. The second-order valence-electron chi connectivity index (χ2n) is 7.66. The number of nitrogens with zero attached hydrogens (tertiary/aromatic N) is 1. The van der Waals surface area contributed by atoms with Crippen LogP contribution in [0.15, 0.2) is 71.6 Å². The lowest BCUT2D eigenvalue weighted by molar-refractivity contribution is -0.122. The molecule has 0 aliphatic heterocycles. The molecule has 0 radical (unpaired) electrons. The van der Waals surface area contributed by atoms with E-state index in [1.54, 1.807) is 43.3 Å². The first-order valence-electron chi connectivity index (χ1n) is 10.1. The Kier molecular flexibility index (Phi) is 8.13. The number of benzene rings is 3. The second-order valence-corrected chi connectivity index (χ2v) is 10.4. The van der Waals surface area contributed by atoms with E-state index in [0.717, 1.165) is 9.87 Å². The molecular weight excluding hydrogens is 486 g/mol. The van der Waals surface area contributed by atoms with Crippen LogP contribution >= 0.6 is 23.2 Å². The van der Waals surface area contributed by atoms with Crippen molar-refractivity contribution in [2.75, 3.05) is 6.54 Å². The average Bonchev–Trinajstić information content (AvgIpc) is 2.75. The van der Waals surface area contributed by atoms with Crippen molar-refractivity contribution in [3.8, 4) is 0 Å². The summed E-state index contributed by atoms with van der Waals surface area (Å²) in [5.41, 5.74) is 2.11. The van der Waals surface area contributed by atoms with Crippen LogP contribution < -0.4 is 5.32 Å². The van der Waals surface area contributed by atoms with Gasteiger partial charge >= 0.3 is 0 Å². The number of sulfonamides is 1. The molecule has 1 unspecified atom stereocenters. The van der Waals surface area contributed by atoms with E-state index in [4.69, 9.17) is 23.2 Å². The van der Waals surface area contributed by atoms with E-state index in [2.05, 4.69) is 5.32 Å². The Balaban J connectivity index is 1.86. The highest BCUT2D eigenvalue weighted by Gasteiger charge is 2.28. The van der Waals surface area contributed by atoms with Crippen LogP contribution in [0, 0.1) is 12.7 Å². The van der Waals surface area contributed by atoms with Gasteiger partial charge in [-0.3, -0.25) is 4.79 Å². The fraction of sp³-hybridized carbons (Fsp3) is 0.208. The van der Waals surface area contributed by atoms with Crippen LogP contribution in [0.25, 0.3) is 0 Å². The molecule has 0 saturated heterocycles. The van der Waals surface area contributed by atoms with E-state index in [-0.39, 0.29) is 17.3 Å². The Morgan fingerprint density at radius 3 is 2.27 bits per heavy atom. The Morgan fingerprint density at radius 1 is 1.03 bits per heavy atom. The molecule has 0 aromatic heterocycles. The highest BCUT2D eigenvalue weighted by molar-refractivity contribution is 7.89. The molecule has 0 saturated carbocycles. The highest BCUT2D eigenvalue weighted by atomic mass is 35.5. The maximum atomic E-state index is 13.4. The normalized spacial score (nSPS) is 12.5. The standard InChI is InChI=1S/C24H23Cl2FN2O3S/c1-16-3-11-22(12-4-16)33(31,32)29(14-19-5-8-20(25)13-23(19)26)15-24(30)28-17(2)18-6-9-21(27)10-7-18/h3-13,17H,14-15H2,1-2H3,(H,28,30). The monoisotopic (exact) mass is 508 g/mol. The molecule has 9 heteroatoms. The summed E-state index contributed by atoms with van der Waals surface area (Å²) in [6.45, 7) is 3.04. The molecule has 1 amide bonds. The number of amides is 1. The van der Waals surface area contributed by atoms with E-state index in [1.807, 2.05) is 6.92 Å². The van der Waals surface area contributed by atoms with E-state index < -0.39 is 28.5 Å². The molecule has 1 N–H and O–H groups in total. The highest BCUT2D eigenvalue weighted by Crippen LogP contribution is 2.25. The summed E-state index contributed by atoms with van der Waals surface area (Å²) < 4.78 is 41.0. The lowest BCUT2D eigenvalue weighted by Crippen LogP contribution is -2.41. The minimum absolute atomic E-state index is 0.0672. The van der Waals surface area contributed by atoms with Crippen LogP contribution in [0.3, 0.4) is 0 Å². The van der Waals surface area contributed by atoms with Crippen molar-refractivity contribution in [1.82, 2.24) is 9.62 Å². The molecule has 1 atom stereocenters. The molecule has 0 aliphatic rings. The average molecular weight is 509 g/mol. The van der Waals surface area contributed by atoms with Gasteiger partial charge in [0.1, 0.15) is 5.82 Å². The molecular formula is C24H23Cl2FN2O3S. The molecule has 33 heavy (non-hydrogen) atoms. The van der Waals surface area contributed by atoms with Crippen molar-refractivity contribution in [2.45, 2.75) is 31.3 Å². The van der Waals surface area contributed by atoms with Gasteiger partial charge in [-0.05, 0) is 61.4 Å². The van der Waals surface area contributed by atoms with Gasteiger partial charge in [0.2, 0.25) is 15.9 Å². The Labute approximate surface area is 203 Å². The number of hydrogen-bond donors (Lipinski definition) is 1. The van der Waals surface area contributed by atoms with Gasteiger partial charge < -0.3 is 5.32 Å². The molecule has 3 aromatic rings. The molecule has 174 valence electrons. The largest absolute Gasteiger partial charge is 0.348 e. The number of hydrogen-bond acceptors (Lipinski definition) is 3. The van der Waals surface area contributed by atoms with Crippen molar-refractivity contribution in [3.05, 3.63) is 99.3 Å². The van der Waals surface area contributed by atoms with Crippen molar-refractivity contribution in [2.24, 2.45) is 0 Å². The van der Waals surface area contributed by atoms with Crippen LogP contribution in [-0.2, 0) is 21.4 Å². The predicted molar refractivity (Wildman–Crippen MR) is 128 cm³/mol. The van der Waals surface area contributed by atoms with Gasteiger partial charge in [-0.15, -0.1) is 0 Å². The number of aryl methyl sites for hydroxylation is 1. The van der Waals surface area contributed by atoms with E-state index >= 15 is 0 Å². The Morgan fingerprint density at radius 2 is 1.67 bits per heavy atom. The van der Waals surface area contributed by atoms with Gasteiger partial charge in [0.25, 0.3) is 0 Å². The quantitative estimate of drug-likeness (QED) is 0.436. The summed E-state index contributed by atoms with van der Waals surface area (Å²) in [6.07, 6.45) is 0. The molecule has 3 aromatic carbocycles. The minimum atomic E-state index is -4.01. The minimum Gasteiger partial charge on any atom is -0.348 e. The summed E-state index contributed by atoms with van der Waals surface area (Å²) in [5, 5.41) is 3.48. The fourth-order valence-corrected chi connectivity index (χ4v) is 5.05. The number of carbonyl (C=O) groups excluding carboxylic acids is 1. The third-order valence-electron chi connectivity index (χ3n) is 5.09. The van der Waals surface area contributed by atoms with Crippen molar-refractivity contribution in [3.63, 3.8) is 0 Å². The maximum absolute atomic E-state index is 13.4. The van der Waals surface area contributed by atoms with Gasteiger partial charge in [0, 0.05) is 16.6 Å². The zero-order chi connectivity index (χ0) is 24.2. The predicted octanol–water partition coefficient (Wildman–Crippen LogP) is 5.51. The molecule has 5 nitrogen and oxygen atoms in total. The molecule has 0 aliphatic carbocycles. The van der Waals surface area contributed by atoms with Gasteiger partial charge in [-0.1, -0.05) is 59.1 Å². The summed E-state index contributed by atoms with van der Waals surface area (Å²) in [5.74, 6) is -0.889. The van der Waals surface area contributed by atoms with Crippen LogP contribution in [0.2, 0.25) is 10.0 Å². The number of rotatable bonds is 8. The van der Waals surface area contributed by atoms with Crippen LogP contribution in [-0.4, -0.2) is 25.2 Å². The van der Waals surface area contributed by atoms with E-state index in [9.17, 15) is 17.6 Å². The SMILES string of the molecule is Cc1ccc(S(=O)(=O)N(CC(=O)NC(C)c2ccc(F)cc2)Cc2ccc(Cl)cc2Cl)cc1.